The van der Waals surface area contributed by atoms with Crippen LogP contribution in [0.1, 0.15) is 18.9 Å². The summed E-state index contributed by atoms with van der Waals surface area (Å²) in [5.41, 5.74) is 1.67. The summed E-state index contributed by atoms with van der Waals surface area (Å²) in [7, 11) is 1.26. The molecule has 24 heavy (non-hydrogen) atoms. The zero-order valence-corrected chi connectivity index (χ0v) is 14.0. The Morgan fingerprint density at radius 1 is 1.33 bits per heavy atom. The maximum absolute atomic E-state index is 12.4. The average molecular weight is 333 g/mol. The van der Waals surface area contributed by atoms with Crippen molar-refractivity contribution < 1.29 is 24.2 Å². The highest BCUT2D eigenvalue weighted by molar-refractivity contribution is 5.82. The summed E-state index contributed by atoms with van der Waals surface area (Å²) in [5.74, 6) is -1.01. The maximum atomic E-state index is 12.4. The molecule has 1 aliphatic rings. The molecule has 1 aromatic rings. The number of esters is 1. The molecule has 0 saturated carbocycles. The number of likely N-dealkylation sites (tertiary alicyclic amines) is 1. The van der Waals surface area contributed by atoms with Gasteiger partial charge in [-0.1, -0.05) is 35.9 Å². The second-order valence-electron chi connectivity index (χ2n) is 6.05. The van der Waals surface area contributed by atoms with Crippen molar-refractivity contribution >= 4 is 12.1 Å². The first-order valence-electron chi connectivity index (χ1n) is 7.81. The van der Waals surface area contributed by atoms with E-state index in [4.69, 9.17) is 9.47 Å². The minimum Gasteiger partial charge on any atom is -0.467 e. The van der Waals surface area contributed by atoms with Crippen molar-refractivity contribution in [2.75, 3.05) is 13.7 Å². The number of ether oxygens (including phenoxy) is 2. The lowest BCUT2D eigenvalue weighted by Gasteiger charge is -2.25. The van der Waals surface area contributed by atoms with Crippen molar-refractivity contribution in [2.45, 2.75) is 32.1 Å². The van der Waals surface area contributed by atoms with Gasteiger partial charge in [-0.15, -0.1) is 6.58 Å². The third kappa shape index (κ3) is 4.14. The van der Waals surface area contributed by atoms with E-state index in [1.54, 1.807) is 0 Å². The normalized spacial score (nSPS) is 23.0. The van der Waals surface area contributed by atoms with Gasteiger partial charge in [0.2, 0.25) is 0 Å². The van der Waals surface area contributed by atoms with E-state index in [-0.39, 0.29) is 13.2 Å². The maximum Gasteiger partial charge on any atom is 0.410 e. The molecule has 130 valence electrons. The molecule has 1 fully saturated rings. The first-order chi connectivity index (χ1) is 11.4. The molecule has 1 aromatic carbocycles. The third-order valence-electron chi connectivity index (χ3n) is 4.09. The number of hydrogen-bond donors (Lipinski definition) is 1. The van der Waals surface area contributed by atoms with Gasteiger partial charge in [0.05, 0.1) is 19.8 Å². The van der Waals surface area contributed by atoms with Crippen molar-refractivity contribution in [3.05, 3.63) is 48.0 Å². The van der Waals surface area contributed by atoms with Crippen LogP contribution in [-0.2, 0) is 20.9 Å². The van der Waals surface area contributed by atoms with E-state index >= 15 is 0 Å². The van der Waals surface area contributed by atoms with Gasteiger partial charge >= 0.3 is 12.1 Å². The van der Waals surface area contributed by atoms with Crippen LogP contribution in [0, 0.1) is 5.92 Å². The van der Waals surface area contributed by atoms with Gasteiger partial charge in [0.25, 0.3) is 0 Å². The lowest BCUT2D eigenvalue weighted by atomic mass is 9.91. The Morgan fingerprint density at radius 2 is 2.00 bits per heavy atom. The zero-order valence-electron chi connectivity index (χ0n) is 14.0. The topological polar surface area (TPSA) is 76.1 Å². The molecule has 3 atom stereocenters. The first-order valence-corrected chi connectivity index (χ1v) is 7.81. The molecule has 1 N–H and O–H groups in total. The van der Waals surface area contributed by atoms with Gasteiger partial charge in [-0.25, -0.2) is 9.59 Å². The number of allylic oxidation sites excluding steroid dienone is 1. The summed E-state index contributed by atoms with van der Waals surface area (Å²) in [6.45, 7) is 5.77. The summed E-state index contributed by atoms with van der Waals surface area (Å²) in [6, 6.07) is 8.38. The second-order valence-corrected chi connectivity index (χ2v) is 6.05. The van der Waals surface area contributed by atoms with Gasteiger partial charge in [0, 0.05) is 5.92 Å². The highest BCUT2D eigenvalue weighted by Gasteiger charge is 2.48. The molecule has 1 aliphatic heterocycles. The lowest BCUT2D eigenvalue weighted by molar-refractivity contribution is -0.147. The Hall–Kier alpha value is -2.34. The van der Waals surface area contributed by atoms with E-state index in [1.165, 1.54) is 12.0 Å². The molecule has 0 bridgehead atoms. The monoisotopic (exact) mass is 333 g/mol. The number of aliphatic hydroxyl groups is 1. The van der Waals surface area contributed by atoms with Crippen molar-refractivity contribution in [1.29, 1.82) is 0 Å². The van der Waals surface area contributed by atoms with Crippen molar-refractivity contribution in [2.24, 2.45) is 5.92 Å². The highest BCUT2D eigenvalue weighted by Crippen LogP contribution is 2.31. The molecule has 0 aliphatic carbocycles. The van der Waals surface area contributed by atoms with Crippen LogP contribution in [0.2, 0.25) is 0 Å². The van der Waals surface area contributed by atoms with Crippen LogP contribution in [0.4, 0.5) is 4.79 Å². The Labute approximate surface area is 141 Å². The fraction of sp³-hybridized carbons (Fsp3) is 0.444. The molecule has 2 rings (SSSR count). The second kappa shape index (κ2) is 7.97. The van der Waals surface area contributed by atoms with Crippen molar-refractivity contribution in [3.63, 3.8) is 0 Å². The SMILES string of the molecule is C=C(C)CC1[C@@H](C(=O)OC)N(C(=O)OCc2ccccc2)C[C@@H]1O. The highest BCUT2D eigenvalue weighted by atomic mass is 16.6. The first kappa shape index (κ1) is 18.0. The Bertz CT molecular complexity index is 601. The molecule has 1 saturated heterocycles. The number of methoxy groups -OCH3 is 1. The predicted octanol–water partition coefficient (Wildman–Crippen LogP) is 2.12. The van der Waals surface area contributed by atoms with Crippen LogP contribution in [0.3, 0.4) is 0 Å². The summed E-state index contributed by atoms with van der Waals surface area (Å²) in [4.78, 5) is 25.8. The van der Waals surface area contributed by atoms with Gasteiger partial charge in [-0.3, -0.25) is 4.90 Å². The molecule has 0 radical (unpaired) electrons. The number of nitrogens with zero attached hydrogens (tertiary/aromatic N) is 1. The molecule has 1 heterocycles. The predicted molar refractivity (Wildman–Crippen MR) is 88.1 cm³/mol. The van der Waals surface area contributed by atoms with E-state index < -0.39 is 30.1 Å². The summed E-state index contributed by atoms with van der Waals surface area (Å²) in [5, 5.41) is 10.3. The smallest absolute Gasteiger partial charge is 0.410 e. The Kier molecular flexibility index (Phi) is 5.98. The number of rotatable bonds is 5. The fourth-order valence-electron chi connectivity index (χ4n) is 2.96. The number of carbonyl (C=O) groups is 2. The van der Waals surface area contributed by atoms with E-state index in [0.29, 0.717) is 6.42 Å². The van der Waals surface area contributed by atoms with Crippen LogP contribution in [0.5, 0.6) is 0 Å². The number of β-amino-alcohol motifs (C(OH)–C–C–N with tert-alkyl or cyclic N) is 1. The number of hydrogen-bond acceptors (Lipinski definition) is 5. The van der Waals surface area contributed by atoms with E-state index in [1.807, 2.05) is 37.3 Å². The molecular formula is C18H23NO5. The number of aliphatic hydroxyl groups excluding tert-OH is 1. The van der Waals surface area contributed by atoms with E-state index in [0.717, 1.165) is 11.1 Å². The average Bonchev–Trinajstić information content (AvgIpc) is 2.89. The van der Waals surface area contributed by atoms with Crippen molar-refractivity contribution in [3.8, 4) is 0 Å². The molecule has 1 amide bonds. The lowest BCUT2D eigenvalue weighted by Crippen LogP contribution is -2.44. The van der Waals surface area contributed by atoms with Crippen LogP contribution < -0.4 is 0 Å². The molecular weight excluding hydrogens is 310 g/mol. The number of benzene rings is 1. The van der Waals surface area contributed by atoms with Crippen LogP contribution in [0.25, 0.3) is 0 Å². The van der Waals surface area contributed by atoms with E-state index in [2.05, 4.69) is 6.58 Å². The largest absolute Gasteiger partial charge is 0.467 e. The van der Waals surface area contributed by atoms with Crippen molar-refractivity contribution in [1.82, 2.24) is 4.90 Å². The molecule has 0 spiro atoms. The van der Waals surface area contributed by atoms with Gasteiger partial charge in [0.1, 0.15) is 12.6 Å². The van der Waals surface area contributed by atoms with Crippen LogP contribution >= 0.6 is 0 Å². The zero-order chi connectivity index (χ0) is 17.7. The van der Waals surface area contributed by atoms with Crippen LogP contribution in [0.15, 0.2) is 42.5 Å². The Morgan fingerprint density at radius 3 is 2.58 bits per heavy atom. The molecule has 0 aromatic heterocycles. The quantitative estimate of drug-likeness (QED) is 0.660. The molecule has 6 nitrogen and oxygen atoms in total. The molecule has 1 unspecified atom stereocenters. The number of amides is 1. The standard InChI is InChI=1S/C18H23NO5/c1-12(2)9-14-15(20)10-19(16(14)17(21)23-3)18(22)24-11-13-7-5-4-6-8-13/h4-8,14-16,20H,1,9-11H2,2-3H3/t14?,15-,16-/m0/s1. The van der Waals surface area contributed by atoms with Gasteiger partial charge in [-0.05, 0) is 18.9 Å². The summed E-state index contributed by atoms with van der Waals surface area (Å²) in [6.07, 6.45) is -1.03. The third-order valence-corrected chi connectivity index (χ3v) is 4.09. The van der Waals surface area contributed by atoms with Crippen LogP contribution in [-0.4, -0.2) is 47.9 Å². The fourth-order valence-corrected chi connectivity index (χ4v) is 2.96. The minimum absolute atomic E-state index is 0.0331. The van der Waals surface area contributed by atoms with Gasteiger partial charge in [-0.2, -0.15) is 0 Å². The van der Waals surface area contributed by atoms with Gasteiger partial charge < -0.3 is 14.6 Å². The summed E-state index contributed by atoms with van der Waals surface area (Å²) < 4.78 is 10.1. The summed E-state index contributed by atoms with van der Waals surface area (Å²) >= 11 is 0. The minimum atomic E-state index is -0.870. The van der Waals surface area contributed by atoms with Gasteiger partial charge in [0.15, 0.2) is 0 Å². The number of carbonyl (C=O) groups excluding carboxylic acids is 2. The molecule has 6 heteroatoms. The Balaban J connectivity index is 2.09. The van der Waals surface area contributed by atoms with E-state index in [9.17, 15) is 14.7 Å².